The lowest BCUT2D eigenvalue weighted by atomic mass is 9.78. The molecule has 8 heteroatoms. The summed E-state index contributed by atoms with van der Waals surface area (Å²) in [5, 5.41) is 15.1. The Morgan fingerprint density at radius 1 is 1.32 bits per heavy atom. The van der Waals surface area contributed by atoms with E-state index < -0.39 is 23.6 Å². The topological polar surface area (TPSA) is 100 Å². The molecule has 0 bridgehead atoms. The molecule has 3 rings (SSSR count). The monoisotopic (exact) mass is 396 g/mol. The number of thiocarbonyl (C=S) groups is 1. The van der Waals surface area contributed by atoms with Crippen LogP contribution in [0.5, 0.6) is 5.75 Å². The Kier molecular flexibility index (Phi) is 5.57. The van der Waals surface area contributed by atoms with Crippen molar-refractivity contribution >= 4 is 28.8 Å². The fourth-order valence-corrected chi connectivity index (χ4v) is 3.47. The molecule has 0 saturated heterocycles. The molecular formula is C20H17FN4O2S. The van der Waals surface area contributed by atoms with Gasteiger partial charge in [0.25, 0.3) is 0 Å². The highest BCUT2D eigenvalue weighted by molar-refractivity contribution is 7.80. The molecule has 1 aliphatic heterocycles. The summed E-state index contributed by atoms with van der Waals surface area (Å²) in [6.07, 6.45) is 0. The second-order valence-corrected chi connectivity index (χ2v) is 6.60. The fraction of sp³-hybridized carbons (Fsp3) is 0.150. The van der Waals surface area contributed by atoms with Crippen LogP contribution in [0.1, 0.15) is 11.5 Å². The SMILES string of the molecule is COc1cccc(NC(=O)C2C(=S)NC(N)=C(C#N)C2c2ccc(F)cc2)c1. The van der Waals surface area contributed by atoms with E-state index in [-0.39, 0.29) is 16.4 Å². The van der Waals surface area contributed by atoms with Crippen molar-refractivity contribution in [3.05, 3.63) is 71.3 Å². The molecule has 2 aromatic carbocycles. The summed E-state index contributed by atoms with van der Waals surface area (Å²) in [6.45, 7) is 0. The minimum absolute atomic E-state index is 0.0901. The summed E-state index contributed by atoms with van der Waals surface area (Å²) in [4.78, 5) is 13.3. The number of methoxy groups -OCH3 is 1. The van der Waals surface area contributed by atoms with Crippen LogP contribution in [-0.2, 0) is 4.79 Å². The van der Waals surface area contributed by atoms with Gasteiger partial charge in [-0.1, -0.05) is 30.4 Å². The smallest absolute Gasteiger partial charge is 0.235 e. The molecule has 2 unspecified atom stereocenters. The number of carbonyl (C=O) groups excluding carboxylic acids is 1. The number of hydrogen-bond acceptors (Lipinski definition) is 5. The van der Waals surface area contributed by atoms with Crippen LogP contribution in [-0.4, -0.2) is 18.0 Å². The second-order valence-electron chi connectivity index (χ2n) is 6.16. The van der Waals surface area contributed by atoms with Gasteiger partial charge in [0.05, 0.1) is 23.7 Å². The van der Waals surface area contributed by atoms with Crippen LogP contribution in [0.15, 0.2) is 59.9 Å². The standard InChI is InChI=1S/C20H17FN4O2S/c1-27-14-4-2-3-13(9-14)24-19(26)17-16(11-5-7-12(21)8-6-11)15(10-22)18(23)25-20(17)28/h2-9,16-17H,23H2,1H3,(H,24,26)(H,25,28). The maximum absolute atomic E-state index is 13.4. The van der Waals surface area contributed by atoms with Crippen molar-refractivity contribution in [1.29, 1.82) is 5.26 Å². The third-order valence-corrected chi connectivity index (χ3v) is 4.80. The van der Waals surface area contributed by atoms with Crippen molar-refractivity contribution in [2.45, 2.75) is 5.92 Å². The van der Waals surface area contributed by atoms with Crippen molar-refractivity contribution in [2.75, 3.05) is 12.4 Å². The Hall–Kier alpha value is -3.44. The van der Waals surface area contributed by atoms with E-state index in [0.717, 1.165) is 0 Å². The maximum atomic E-state index is 13.4. The first-order chi connectivity index (χ1) is 13.4. The zero-order valence-electron chi connectivity index (χ0n) is 14.9. The lowest BCUT2D eigenvalue weighted by molar-refractivity contribution is -0.118. The normalized spacial score (nSPS) is 18.8. The molecule has 2 atom stereocenters. The summed E-state index contributed by atoms with van der Waals surface area (Å²) in [5.74, 6) is -1.79. The van der Waals surface area contributed by atoms with E-state index in [9.17, 15) is 14.4 Å². The summed E-state index contributed by atoms with van der Waals surface area (Å²) in [5.41, 5.74) is 7.18. The molecule has 0 fully saturated rings. The molecule has 0 saturated carbocycles. The summed E-state index contributed by atoms with van der Waals surface area (Å²) in [7, 11) is 1.53. The molecule has 142 valence electrons. The first-order valence-corrected chi connectivity index (χ1v) is 8.76. The largest absolute Gasteiger partial charge is 0.497 e. The van der Waals surface area contributed by atoms with Gasteiger partial charge in [0, 0.05) is 17.7 Å². The Morgan fingerprint density at radius 2 is 2.04 bits per heavy atom. The number of carbonyl (C=O) groups is 1. The number of allylic oxidation sites excluding steroid dienone is 1. The van der Waals surface area contributed by atoms with Gasteiger partial charge in [0.1, 0.15) is 23.3 Å². The molecule has 4 N–H and O–H groups in total. The minimum atomic E-state index is -0.895. The number of nitrogens with two attached hydrogens (primary N) is 1. The quantitative estimate of drug-likeness (QED) is 0.687. The molecule has 6 nitrogen and oxygen atoms in total. The van der Waals surface area contributed by atoms with Crippen LogP contribution < -0.4 is 21.1 Å². The van der Waals surface area contributed by atoms with E-state index in [1.165, 1.54) is 31.4 Å². The van der Waals surface area contributed by atoms with Gasteiger partial charge < -0.3 is 21.1 Å². The summed E-state index contributed by atoms with van der Waals surface area (Å²) < 4.78 is 18.5. The Morgan fingerprint density at radius 3 is 2.68 bits per heavy atom. The van der Waals surface area contributed by atoms with Gasteiger partial charge in [0.2, 0.25) is 5.91 Å². The van der Waals surface area contributed by atoms with E-state index in [0.29, 0.717) is 17.0 Å². The van der Waals surface area contributed by atoms with Gasteiger partial charge >= 0.3 is 0 Å². The van der Waals surface area contributed by atoms with E-state index in [1.807, 2.05) is 6.07 Å². The Bertz CT molecular complexity index is 998. The summed E-state index contributed by atoms with van der Waals surface area (Å²) in [6, 6.07) is 14.5. The maximum Gasteiger partial charge on any atom is 0.235 e. The van der Waals surface area contributed by atoms with Gasteiger partial charge in [-0.2, -0.15) is 5.26 Å². The first kappa shape index (κ1) is 19.3. The lowest BCUT2D eigenvalue weighted by Crippen LogP contribution is -2.46. The number of nitriles is 1. The average molecular weight is 396 g/mol. The van der Waals surface area contributed by atoms with E-state index in [2.05, 4.69) is 10.6 Å². The summed E-state index contributed by atoms with van der Waals surface area (Å²) >= 11 is 5.35. The van der Waals surface area contributed by atoms with Gasteiger partial charge in [-0.25, -0.2) is 4.39 Å². The van der Waals surface area contributed by atoms with Crippen LogP contribution in [0.4, 0.5) is 10.1 Å². The molecule has 0 spiro atoms. The number of halogens is 1. The lowest BCUT2D eigenvalue weighted by Gasteiger charge is -2.32. The number of nitrogens with zero attached hydrogens (tertiary/aromatic N) is 1. The van der Waals surface area contributed by atoms with Crippen LogP contribution in [0, 0.1) is 23.1 Å². The highest BCUT2D eigenvalue weighted by atomic mass is 32.1. The highest BCUT2D eigenvalue weighted by Gasteiger charge is 2.40. The third kappa shape index (κ3) is 3.80. The van der Waals surface area contributed by atoms with Crippen molar-refractivity contribution in [1.82, 2.24) is 5.32 Å². The van der Waals surface area contributed by atoms with Crippen molar-refractivity contribution in [3.8, 4) is 11.8 Å². The zero-order chi connectivity index (χ0) is 20.3. The predicted molar refractivity (Wildman–Crippen MR) is 107 cm³/mol. The average Bonchev–Trinajstić information content (AvgIpc) is 2.68. The van der Waals surface area contributed by atoms with Crippen LogP contribution in [0.2, 0.25) is 0 Å². The molecule has 1 aliphatic rings. The Balaban J connectivity index is 2.00. The number of ether oxygens (including phenoxy) is 1. The fourth-order valence-electron chi connectivity index (χ4n) is 3.11. The molecular weight excluding hydrogens is 379 g/mol. The molecule has 0 radical (unpaired) electrons. The number of hydrogen-bond donors (Lipinski definition) is 3. The molecule has 0 aromatic heterocycles. The molecule has 1 heterocycles. The highest BCUT2D eigenvalue weighted by Crippen LogP contribution is 2.37. The Labute approximate surface area is 166 Å². The van der Waals surface area contributed by atoms with E-state index in [1.54, 1.807) is 24.3 Å². The van der Waals surface area contributed by atoms with Crippen LogP contribution >= 0.6 is 12.2 Å². The number of nitrogens with one attached hydrogen (secondary N) is 2. The first-order valence-electron chi connectivity index (χ1n) is 8.35. The number of benzene rings is 2. The van der Waals surface area contributed by atoms with Gasteiger partial charge in [-0.15, -0.1) is 0 Å². The molecule has 2 aromatic rings. The van der Waals surface area contributed by atoms with E-state index >= 15 is 0 Å². The van der Waals surface area contributed by atoms with Crippen LogP contribution in [0.3, 0.4) is 0 Å². The third-order valence-electron chi connectivity index (χ3n) is 4.44. The van der Waals surface area contributed by atoms with Gasteiger partial charge in [0.15, 0.2) is 0 Å². The predicted octanol–water partition coefficient (Wildman–Crippen LogP) is 2.80. The van der Waals surface area contributed by atoms with E-state index in [4.69, 9.17) is 22.7 Å². The second kappa shape index (κ2) is 8.06. The molecule has 28 heavy (non-hydrogen) atoms. The van der Waals surface area contributed by atoms with Crippen molar-refractivity contribution < 1.29 is 13.9 Å². The number of anilines is 1. The van der Waals surface area contributed by atoms with Gasteiger partial charge in [-0.3, -0.25) is 4.79 Å². The molecule has 0 aliphatic carbocycles. The number of rotatable bonds is 4. The number of amides is 1. The molecule has 1 amide bonds. The van der Waals surface area contributed by atoms with Crippen molar-refractivity contribution in [2.24, 2.45) is 11.7 Å². The van der Waals surface area contributed by atoms with Gasteiger partial charge in [-0.05, 0) is 29.8 Å². The zero-order valence-corrected chi connectivity index (χ0v) is 15.7. The van der Waals surface area contributed by atoms with Crippen molar-refractivity contribution in [3.63, 3.8) is 0 Å². The van der Waals surface area contributed by atoms with Crippen LogP contribution in [0.25, 0.3) is 0 Å². The minimum Gasteiger partial charge on any atom is -0.497 e.